The summed E-state index contributed by atoms with van der Waals surface area (Å²) in [4.78, 5) is 25.9. The molecule has 4 rings (SSSR count). The Morgan fingerprint density at radius 2 is 2.06 bits per heavy atom. The van der Waals surface area contributed by atoms with Crippen LogP contribution in [0.3, 0.4) is 0 Å². The summed E-state index contributed by atoms with van der Waals surface area (Å²) in [6.45, 7) is 3.98. The quantitative estimate of drug-likeness (QED) is 0.565. The summed E-state index contributed by atoms with van der Waals surface area (Å²) in [7, 11) is 0. The highest BCUT2D eigenvalue weighted by atomic mass is 35.5. The van der Waals surface area contributed by atoms with Crippen molar-refractivity contribution in [3.63, 3.8) is 0 Å². The van der Waals surface area contributed by atoms with Gasteiger partial charge in [0.25, 0.3) is 0 Å². The zero-order chi connectivity index (χ0) is 21.6. The largest absolute Gasteiger partial charge is 0.381 e. The van der Waals surface area contributed by atoms with Gasteiger partial charge in [0.15, 0.2) is 0 Å². The predicted octanol–water partition coefficient (Wildman–Crippen LogP) is 3.53. The third kappa shape index (κ3) is 6.06. The van der Waals surface area contributed by atoms with Gasteiger partial charge in [0.1, 0.15) is 11.6 Å². The minimum absolute atomic E-state index is 0.0579. The van der Waals surface area contributed by atoms with Crippen LogP contribution in [0.1, 0.15) is 25.7 Å². The van der Waals surface area contributed by atoms with Gasteiger partial charge in [-0.3, -0.25) is 14.1 Å². The number of nitrogens with zero attached hydrogens (tertiary/aromatic N) is 4. The van der Waals surface area contributed by atoms with Crippen LogP contribution in [0.15, 0.2) is 24.7 Å². The van der Waals surface area contributed by atoms with Crippen molar-refractivity contribution in [2.24, 2.45) is 11.8 Å². The van der Waals surface area contributed by atoms with E-state index >= 15 is 0 Å². The van der Waals surface area contributed by atoms with Crippen molar-refractivity contribution in [1.29, 1.82) is 0 Å². The van der Waals surface area contributed by atoms with Crippen molar-refractivity contribution >= 4 is 42.0 Å². The first-order valence-corrected chi connectivity index (χ1v) is 11.4. The van der Waals surface area contributed by atoms with Gasteiger partial charge in [-0.05, 0) is 37.7 Å². The molecule has 1 atom stereocenters. The number of anilines is 2. The molecule has 2 N–H and O–H groups in total. The molecule has 2 aromatic rings. The van der Waals surface area contributed by atoms with E-state index in [0.717, 1.165) is 52.0 Å². The zero-order valence-corrected chi connectivity index (χ0v) is 18.9. The van der Waals surface area contributed by atoms with Crippen LogP contribution < -0.4 is 10.6 Å². The molecule has 0 spiro atoms. The summed E-state index contributed by atoms with van der Waals surface area (Å²) in [6, 6.07) is 1.74. The second-order valence-electron chi connectivity index (χ2n) is 8.02. The normalized spacial score (nSPS) is 20.4. The molecular weight excluding hydrogens is 436 g/mol. The molecule has 0 saturated carbocycles. The van der Waals surface area contributed by atoms with Gasteiger partial charge in [0.05, 0.1) is 29.0 Å². The number of rotatable bonds is 6. The summed E-state index contributed by atoms with van der Waals surface area (Å²) < 4.78 is 7.29. The van der Waals surface area contributed by atoms with Crippen LogP contribution in [0.4, 0.5) is 11.6 Å². The fourth-order valence-corrected chi connectivity index (χ4v) is 4.42. The van der Waals surface area contributed by atoms with Crippen LogP contribution in [-0.4, -0.2) is 58.0 Å². The number of piperidine rings is 1. The first-order chi connectivity index (χ1) is 15.1. The maximum absolute atomic E-state index is 12.6. The Morgan fingerprint density at radius 1 is 1.23 bits per heavy atom. The maximum atomic E-state index is 12.6. The number of carbonyl (C=O) groups excluding carboxylic acids is 1. The SMILES string of the molecule is O=C(Nc1cc(-c2cncc(NCC3CCOCC3)n2)c(Cl)cn1)C1CCCN(S)C1. The second kappa shape index (κ2) is 10.6. The Hall–Kier alpha value is -1.94. The van der Waals surface area contributed by atoms with E-state index in [0.29, 0.717) is 40.4 Å². The van der Waals surface area contributed by atoms with Gasteiger partial charge < -0.3 is 15.4 Å². The fourth-order valence-electron chi connectivity index (χ4n) is 3.88. The van der Waals surface area contributed by atoms with Crippen LogP contribution in [-0.2, 0) is 9.53 Å². The Kier molecular flexibility index (Phi) is 7.60. The van der Waals surface area contributed by atoms with E-state index in [1.54, 1.807) is 18.5 Å². The standard InChI is InChI=1S/C21H27ClN6O2S/c22-17-10-25-19(27-21(29)15-2-1-5-28(31)13-15)8-16(17)18-11-23-12-20(26-18)24-9-14-3-6-30-7-4-14/h8,10-12,14-15,31H,1-7,9,13H2,(H,24,26)(H,25,27,29). The molecule has 0 aliphatic carbocycles. The van der Waals surface area contributed by atoms with E-state index in [1.807, 2.05) is 4.31 Å². The molecule has 0 radical (unpaired) electrons. The minimum Gasteiger partial charge on any atom is -0.381 e. The average molecular weight is 463 g/mol. The van der Waals surface area contributed by atoms with E-state index in [9.17, 15) is 4.79 Å². The lowest BCUT2D eigenvalue weighted by Crippen LogP contribution is -2.36. The third-order valence-corrected chi connectivity index (χ3v) is 6.37. The van der Waals surface area contributed by atoms with E-state index in [2.05, 4.69) is 38.4 Å². The average Bonchev–Trinajstić information content (AvgIpc) is 2.80. The molecule has 1 unspecified atom stereocenters. The van der Waals surface area contributed by atoms with Gasteiger partial charge in [0, 0.05) is 44.6 Å². The van der Waals surface area contributed by atoms with Crippen molar-refractivity contribution in [1.82, 2.24) is 19.3 Å². The molecule has 8 nitrogen and oxygen atoms in total. The molecule has 0 bridgehead atoms. The molecule has 2 aromatic heterocycles. The van der Waals surface area contributed by atoms with E-state index < -0.39 is 0 Å². The van der Waals surface area contributed by atoms with E-state index in [-0.39, 0.29) is 11.8 Å². The number of halogens is 1. The van der Waals surface area contributed by atoms with E-state index in [1.165, 1.54) is 6.20 Å². The van der Waals surface area contributed by atoms with Gasteiger partial charge >= 0.3 is 0 Å². The van der Waals surface area contributed by atoms with E-state index in [4.69, 9.17) is 16.3 Å². The zero-order valence-electron chi connectivity index (χ0n) is 17.3. The topological polar surface area (TPSA) is 92.3 Å². The summed E-state index contributed by atoms with van der Waals surface area (Å²) in [6.07, 6.45) is 8.78. The van der Waals surface area contributed by atoms with Crippen LogP contribution in [0.5, 0.6) is 0 Å². The van der Waals surface area contributed by atoms with Crippen molar-refractivity contribution in [2.45, 2.75) is 25.7 Å². The van der Waals surface area contributed by atoms with Gasteiger partial charge in [-0.2, -0.15) is 0 Å². The molecule has 1 amide bonds. The number of hydrogen-bond donors (Lipinski definition) is 3. The number of thiol groups is 1. The first-order valence-electron chi connectivity index (χ1n) is 10.6. The number of hydrogen-bond acceptors (Lipinski definition) is 8. The highest BCUT2D eigenvalue weighted by molar-refractivity contribution is 7.77. The summed E-state index contributed by atoms with van der Waals surface area (Å²) >= 11 is 10.8. The Bertz CT molecular complexity index is 911. The lowest BCUT2D eigenvalue weighted by atomic mass is 9.99. The smallest absolute Gasteiger partial charge is 0.229 e. The number of ether oxygens (including phenoxy) is 1. The maximum Gasteiger partial charge on any atom is 0.229 e. The van der Waals surface area contributed by atoms with Crippen LogP contribution in [0.25, 0.3) is 11.3 Å². The Labute approximate surface area is 192 Å². The van der Waals surface area contributed by atoms with Crippen LogP contribution >= 0.6 is 24.4 Å². The predicted molar refractivity (Wildman–Crippen MR) is 124 cm³/mol. The van der Waals surface area contributed by atoms with Crippen molar-refractivity contribution < 1.29 is 9.53 Å². The van der Waals surface area contributed by atoms with Crippen molar-refractivity contribution in [2.75, 3.05) is 43.5 Å². The molecule has 10 heteroatoms. The molecule has 31 heavy (non-hydrogen) atoms. The van der Waals surface area contributed by atoms with Gasteiger partial charge in [-0.1, -0.05) is 24.4 Å². The summed E-state index contributed by atoms with van der Waals surface area (Å²) in [5, 5.41) is 6.73. The number of pyridine rings is 1. The molecule has 2 aliphatic heterocycles. The molecule has 2 fully saturated rings. The van der Waals surface area contributed by atoms with Crippen molar-refractivity contribution in [3.05, 3.63) is 29.7 Å². The molecule has 166 valence electrons. The summed E-state index contributed by atoms with van der Waals surface area (Å²) in [5.41, 5.74) is 1.30. The van der Waals surface area contributed by atoms with Crippen LogP contribution in [0.2, 0.25) is 5.02 Å². The lowest BCUT2D eigenvalue weighted by Gasteiger charge is -2.27. The Balaban J connectivity index is 1.44. The highest BCUT2D eigenvalue weighted by Gasteiger charge is 2.25. The highest BCUT2D eigenvalue weighted by Crippen LogP contribution is 2.29. The number of amides is 1. The van der Waals surface area contributed by atoms with Gasteiger partial charge in [0.2, 0.25) is 5.91 Å². The fraction of sp³-hybridized carbons (Fsp3) is 0.524. The van der Waals surface area contributed by atoms with Crippen molar-refractivity contribution in [3.8, 4) is 11.3 Å². The van der Waals surface area contributed by atoms with Crippen LogP contribution in [0, 0.1) is 11.8 Å². The number of aromatic nitrogens is 3. The molecule has 2 saturated heterocycles. The second-order valence-corrected chi connectivity index (χ2v) is 8.99. The first kappa shape index (κ1) is 22.3. The van der Waals surface area contributed by atoms with Gasteiger partial charge in [-0.15, -0.1) is 0 Å². The third-order valence-electron chi connectivity index (χ3n) is 5.70. The molecular formula is C21H27ClN6O2S. The molecule has 2 aliphatic rings. The minimum atomic E-state index is -0.107. The van der Waals surface area contributed by atoms with Gasteiger partial charge in [-0.25, -0.2) is 9.97 Å². The lowest BCUT2D eigenvalue weighted by molar-refractivity contribution is -0.120. The molecule has 0 aromatic carbocycles. The Morgan fingerprint density at radius 3 is 2.87 bits per heavy atom. The number of nitrogens with one attached hydrogen (secondary N) is 2. The molecule has 4 heterocycles. The monoisotopic (exact) mass is 462 g/mol. The number of carbonyl (C=O) groups is 1. The summed E-state index contributed by atoms with van der Waals surface area (Å²) in [5.74, 6) is 1.54.